The van der Waals surface area contributed by atoms with Gasteiger partial charge in [0.05, 0.1) is 31.5 Å². The number of hydrogen-bond donors (Lipinski definition) is 1. The number of anilines is 1. The predicted octanol–water partition coefficient (Wildman–Crippen LogP) is 2.08. The molecule has 1 N–H and O–H groups in total. The maximum atomic E-state index is 13.2. The zero-order chi connectivity index (χ0) is 22.1. The van der Waals surface area contributed by atoms with Gasteiger partial charge in [0.1, 0.15) is 5.75 Å². The third-order valence-electron chi connectivity index (χ3n) is 7.22. The Bertz CT molecular complexity index is 963. The number of aliphatic hydroxyl groups is 1. The molecule has 170 valence electrons. The fourth-order valence-corrected chi connectivity index (χ4v) is 5.48. The number of ether oxygens (including phenoxy) is 2. The van der Waals surface area contributed by atoms with Gasteiger partial charge < -0.3 is 24.4 Å². The highest BCUT2D eigenvalue weighted by atomic mass is 16.5. The quantitative estimate of drug-likeness (QED) is 0.782. The number of amides is 1. The highest BCUT2D eigenvalue weighted by Crippen LogP contribution is 2.48. The normalized spacial score (nSPS) is 27.8. The second kappa shape index (κ2) is 8.67. The summed E-state index contributed by atoms with van der Waals surface area (Å²) in [6, 6.07) is 7.69. The van der Waals surface area contributed by atoms with E-state index in [-0.39, 0.29) is 17.7 Å². The minimum absolute atomic E-state index is 0.000785. The van der Waals surface area contributed by atoms with Crippen molar-refractivity contribution in [2.45, 2.75) is 24.9 Å². The van der Waals surface area contributed by atoms with Crippen LogP contribution in [0, 0.1) is 11.8 Å². The average molecular weight is 439 g/mol. The molecule has 8 nitrogen and oxygen atoms in total. The second-order valence-electron chi connectivity index (χ2n) is 9.00. The molecule has 2 aromatic rings. The van der Waals surface area contributed by atoms with Gasteiger partial charge in [-0.3, -0.25) is 4.79 Å². The fourth-order valence-electron chi connectivity index (χ4n) is 5.48. The number of methoxy groups -OCH3 is 1. The molecule has 2 aliphatic heterocycles. The maximum Gasteiger partial charge on any atom is 0.257 e. The Morgan fingerprint density at radius 1 is 1.22 bits per heavy atom. The molecule has 3 aliphatic rings. The van der Waals surface area contributed by atoms with Crippen molar-refractivity contribution < 1.29 is 19.4 Å². The van der Waals surface area contributed by atoms with Crippen LogP contribution in [0.4, 0.5) is 5.95 Å². The number of benzene rings is 1. The summed E-state index contributed by atoms with van der Waals surface area (Å²) in [5, 5.41) is 11.7. The lowest BCUT2D eigenvalue weighted by Gasteiger charge is -2.41. The number of aromatic nitrogens is 2. The van der Waals surface area contributed by atoms with Crippen molar-refractivity contribution in [2.75, 3.05) is 51.4 Å². The first-order valence-electron chi connectivity index (χ1n) is 11.4. The smallest absolute Gasteiger partial charge is 0.257 e. The molecule has 8 heteroatoms. The molecule has 5 rings (SSSR count). The summed E-state index contributed by atoms with van der Waals surface area (Å²) >= 11 is 0. The van der Waals surface area contributed by atoms with Crippen LogP contribution in [-0.4, -0.2) is 72.4 Å². The summed E-state index contributed by atoms with van der Waals surface area (Å²) in [6.07, 6.45) is 5.90. The third-order valence-corrected chi connectivity index (χ3v) is 7.22. The highest BCUT2D eigenvalue weighted by molar-refractivity contribution is 5.94. The first-order valence-corrected chi connectivity index (χ1v) is 11.4. The Morgan fingerprint density at radius 2 is 2.00 bits per heavy atom. The topological polar surface area (TPSA) is 88.0 Å². The summed E-state index contributed by atoms with van der Waals surface area (Å²) < 4.78 is 10.7. The van der Waals surface area contributed by atoms with Gasteiger partial charge in [-0.05, 0) is 42.9 Å². The number of hydrogen-bond acceptors (Lipinski definition) is 7. The molecular formula is C24H30N4O4. The van der Waals surface area contributed by atoms with Crippen LogP contribution in [0.2, 0.25) is 0 Å². The molecule has 3 heterocycles. The molecule has 1 amide bonds. The lowest BCUT2D eigenvalue weighted by Crippen LogP contribution is -2.43. The van der Waals surface area contributed by atoms with Crippen molar-refractivity contribution in [3.63, 3.8) is 0 Å². The fraction of sp³-hybridized carbons (Fsp3) is 0.542. The van der Waals surface area contributed by atoms with E-state index in [0.717, 1.165) is 37.2 Å². The van der Waals surface area contributed by atoms with E-state index >= 15 is 0 Å². The van der Waals surface area contributed by atoms with E-state index in [9.17, 15) is 9.90 Å². The van der Waals surface area contributed by atoms with Crippen molar-refractivity contribution in [3.05, 3.63) is 47.8 Å². The molecule has 0 unspecified atom stereocenters. The summed E-state index contributed by atoms with van der Waals surface area (Å²) in [4.78, 5) is 26.0. The number of nitrogens with zero attached hydrogens (tertiary/aromatic N) is 4. The number of morpholine rings is 1. The van der Waals surface area contributed by atoms with Crippen LogP contribution in [0.1, 0.15) is 35.2 Å². The van der Waals surface area contributed by atoms with Crippen LogP contribution in [0.25, 0.3) is 0 Å². The van der Waals surface area contributed by atoms with Crippen molar-refractivity contribution in [3.8, 4) is 5.75 Å². The Morgan fingerprint density at radius 3 is 2.75 bits per heavy atom. The SMILES string of the molecule is COc1cccc([C@]2(O)CCC[C@H]3CN(C(=O)c4cnc(N5CCOCC5)nc4)C[C@@H]32)c1. The zero-order valence-electron chi connectivity index (χ0n) is 18.4. The number of likely N-dealkylation sites (tertiary alicyclic amines) is 1. The minimum Gasteiger partial charge on any atom is -0.497 e. The molecule has 0 bridgehead atoms. The van der Waals surface area contributed by atoms with Gasteiger partial charge in [0.2, 0.25) is 5.95 Å². The van der Waals surface area contributed by atoms with Gasteiger partial charge in [-0.2, -0.15) is 0 Å². The van der Waals surface area contributed by atoms with Gasteiger partial charge in [0.15, 0.2) is 0 Å². The standard InChI is InChI=1S/C24H30N4O4/c1-31-20-6-2-5-19(12-20)24(30)7-3-4-17-15-28(16-21(17)24)22(29)18-13-25-23(26-14-18)27-8-10-32-11-9-27/h2,5-6,12-14,17,21,30H,3-4,7-11,15-16H2,1H3/t17-,21-,24+/m0/s1. The Balaban J connectivity index is 1.32. The van der Waals surface area contributed by atoms with Crippen LogP contribution < -0.4 is 9.64 Å². The number of rotatable bonds is 4. The van der Waals surface area contributed by atoms with Gasteiger partial charge >= 0.3 is 0 Å². The summed E-state index contributed by atoms with van der Waals surface area (Å²) in [5.74, 6) is 1.58. The molecule has 0 radical (unpaired) electrons. The highest BCUT2D eigenvalue weighted by Gasteiger charge is 2.50. The number of carbonyl (C=O) groups is 1. The zero-order valence-corrected chi connectivity index (χ0v) is 18.4. The molecule has 1 saturated carbocycles. The van der Waals surface area contributed by atoms with Gasteiger partial charge in [-0.15, -0.1) is 0 Å². The molecular weight excluding hydrogens is 408 g/mol. The lowest BCUT2D eigenvalue weighted by molar-refractivity contribution is -0.0645. The largest absolute Gasteiger partial charge is 0.497 e. The molecule has 1 aliphatic carbocycles. The van der Waals surface area contributed by atoms with Crippen molar-refractivity contribution in [1.82, 2.24) is 14.9 Å². The van der Waals surface area contributed by atoms with Gasteiger partial charge in [0, 0.05) is 44.5 Å². The van der Waals surface area contributed by atoms with Crippen molar-refractivity contribution in [1.29, 1.82) is 0 Å². The van der Waals surface area contributed by atoms with Crippen LogP contribution in [0.5, 0.6) is 5.75 Å². The van der Waals surface area contributed by atoms with E-state index in [1.807, 2.05) is 29.2 Å². The predicted molar refractivity (Wildman–Crippen MR) is 119 cm³/mol. The summed E-state index contributed by atoms with van der Waals surface area (Å²) in [7, 11) is 1.63. The Kier molecular flexibility index (Phi) is 5.73. The molecule has 1 aromatic carbocycles. The molecule has 3 fully saturated rings. The van der Waals surface area contributed by atoms with E-state index in [0.29, 0.717) is 44.2 Å². The monoisotopic (exact) mass is 438 g/mol. The Hall–Kier alpha value is -2.71. The van der Waals surface area contributed by atoms with E-state index in [1.54, 1.807) is 19.5 Å². The van der Waals surface area contributed by atoms with Gasteiger partial charge in [-0.1, -0.05) is 12.1 Å². The molecule has 32 heavy (non-hydrogen) atoms. The first kappa shape index (κ1) is 21.2. The summed E-state index contributed by atoms with van der Waals surface area (Å²) in [6.45, 7) is 4.02. The number of fused-ring (bicyclic) bond motifs is 1. The van der Waals surface area contributed by atoms with Crippen LogP contribution >= 0.6 is 0 Å². The maximum absolute atomic E-state index is 13.2. The van der Waals surface area contributed by atoms with E-state index in [2.05, 4.69) is 14.9 Å². The van der Waals surface area contributed by atoms with Crippen LogP contribution in [0.3, 0.4) is 0 Å². The van der Waals surface area contributed by atoms with E-state index < -0.39 is 5.60 Å². The van der Waals surface area contributed by atoms with E-state index in [1.165, 1.54) is 0 Å². The lowest BCUT2D eigenvalue weighted by atomic mass is 9.67. The molecule has 0 spiro atoms. The average Bonchev–Trinajstić information content (AvgIpc) is 3.30. The van der Waals surface area contributed by atoms with Gasteiger partial charge in [0.25, 0.3) is 5.91 Å². The Labute approximate surface area is 188 Å². The van der Waals surface area contributed by atoms with Gasteiger partial charge in [-0.25, -0.2) is 9.97 Å². The van der Waals surface area contributed by atoms with Crippen LogP contribution in [0.15, 0.2) is 36.7 Å². The number of carbonyl (C=O) groups excluding carboxylic acids is 1. The third kappa shape index (κ3) is 3.82. The first-order chi connectivity index (χ1) is 15.6. The molecule has 1 aromatic heterocycles. The van der Waals surface area contributed by atoms with Crippen molar-refractivity contribution >= 4 is 11.9 Å². The minimum atomic E-state index is -0.955. The van der Waals surface area contributed by atoms with E-state index in [4.69, 9.17) is 9.47 Å². The summed E-state index contributed by atoms with van der Waals surface area (Å²) in [5.41, 5.74) is 0.410. The van der Waals surface area contributed by atoms with Crippen molar-refractivity contribution in [2.24, 2.45) is 11.8 Å². The molecule has 3 atom stereocenters. The second-order valence-corrected chi connectivity index (χ2v) is 9.00. The molecule has 2 saturated heterocycles. The van der Waals surface area contributed by atoms with Crippen LogP contribution in [-0.2, 0) is 10.3 Å².